The van der Waals surface area contributed by atoms with Gasteiger partial charge in [-0.25, -0.2) is 0 Å². The fraction of sp³-hybridized carbons (Fsp3) is 0.529. The average Bonchev–Trinajstić information content (AvgIpc) is 2.53. The van der Waals surface area contributed by atoms with Crippen LogP contribution in [0.5, 0.6) is 0 Å². The third-order valence-electron chi connectivity index (χ3n) is 3.84. The molecule has 6 nitrogen and oxygen atoms in total. The van der Waals surface area contributed by atoms with Gasteiger partial charge in [0.2, 0.25) is 11.8 Å². The van der Waals surface area contributed by atoms with Crippen LogP contribution in [0.1, 0.15) is 36.5 Å². The molecule has 0 saturated carbocycles. The first-order chi connectivity index (χ1) is 11.1. The fourth-order valence-corrected chi connectivity index (χ4v) is 2.70. The van der Waals surface area contributed by atoms with Gasteiger partial charge in [0, 0.05) is 24.4 Å². The number of ether oxygens (including phenoxy) is 1. The predicted octanol–water partition coefficient (Wildman–Crippen LogP) is 1.61. The highest BCUT2D eigenvalue weighted by atomic mass is 16.5. The molecule has 0 radical (unpaired) electrons. The van der Waals surface area contributed by atoms with Gasteiger partial charge in [0.25, 0.3) is 0 Å². The number of nitrogens with two attached hydrogens (primary N) is 1. The predicted molar refractivity (Wildman–Crippen MR) is 89.3 cm³/mol. The number of hydrogen-bond acceptors (Lipinski definition) is 4. The van der Waals surface area contributed by atoms with Gasteiger partial charge in [-0.05, 0) is 50.1 Å². The van der Waals surface area contributed by atoms with E-state index in [1.165, 1.54) is 0 Å². The molecule has 0 unspecified atom stereocenters. The first-order valence-electron chi connectivity index (χ1n) is 8.12. The Labute approximate surface area is 137 Å². The summed E-state index contributed by atoms with van der Waals surface area (Å²) in [7, 11) is 0. The lowest BCUT2D eigenvalue weighted by Crippen LogP contribution is -2.43. The minimum atomic E-state index is -0.477. The van der Waals surface area contributed by atoms with Crippen molar-refractivity contribution in [3.8, 4) is 0 Å². The lowest BCUT2D eigenvalue weighted by molar-refractivity contribution is -0.118. The molecule has 23 heavy (non-hydrogen) atoms. The lowest BCUT2D eigenvalue weighted by Gasteiger charge is -2.32. The molecule has 6 heteroatoms. The molecule has 2 amide bonds. The lowest BCUT2D eigenvalue weighted by atomic mass is 10.1. The average molecular weight is 319 g/mol. The van der Waals surface area contributed by atoms with Crippen LogP contribution < -0.4 is 11.1 Å². The molecule has 126 valence electrons. The van der Waals surface area contributed by atoms with Crippen molar-refractivity contribution < 1.29 is 14.3 Å². The Hall–Kier alpha value is -1.92. The molecule has 1 aromatic carbocycles. The summed E-state index contributed by atoms with van der Waals surface area (Å²) in [5, 5.41) is 2.84. The summed E-state index contributed by atoms with van der Waals surface area (Å²) in [5.74, 6) is -0.540. The molecule has 1 heterocycles. The molecule has 3 N–H and O–H groups in total. The molecular formula is C17H25N3O3. The van der Waals surface area contributed by atoms with Gasteiger partial charge in [-0.15, -0.1) is 0 Å². The third kappa shape index (κ3) is 5.65. The van der Waals surface area contributed by atoms with E-state index in [2.05, 4.69) is 17.1 Å². The van der Waals surface area contributed by atoms with E-state index in [-0.39, 0.29) is 12.0 Å². The van der Waals surface area contributed by atoms with Gasteiger partial charge in [-0.1, -0.05) is 6.92 Å². The van der Waals surface area contributed by atoms with Gasteiger partial charge in [0.1, 0.15) is 0 Å². The van der Waals surface area contributed by atoms with E-state index < -0.39 is 5.91 Å². The highest BCUT2D eigenvalue weighted by molar-refractivity contribution is 5.95. The van der Waals surface area contributed by atoms with E-state index >= 15 is 0 Å². The zero-order valence-corrected chi connectivity index (χ0v) is 13.6. The maximum absolute atomic E-state index is 12.1. The van der Waals surface area contributed by atoms with Crippen molar-refractivity contribution in [1.29, 1.82) is 0 Å². The number of rotatable bonds is 7. The summed E-state index contributed by atoms with van der Waals surface area (Å²) in [6.45, 7) is 4.94. The van der Waals surface area contributed by atoms with Gasteiger partial charge in [-0.3, -0.25) is 14.5 Å². The molecule has 1 saturated heterocycles. The largest absolute Gasteiger partial charge is 0.377 e. The number of amides is 2. The number of carbonyl (C=O) groups is 2. The molecule has 0 bridgehead atoms. The van der Waals surface area contributed by atoms with Gasteiger partial charge in [0.05, 0.1) is 12.6 Å². The Kier molecular flexibility index (Phi) is 6.55. The Balaban J connectivity index is 1.80. The van der Waals surface area contributed by atoms with Gasteiger partial charge < -0.3 is 15.8 Å². The van der Waals surface area contributed by atoms with Crippen molar-refractivity contribution in [2.45, 2.75) is 32.3 Å². The van der Waals surface area contributed by atoms with Crippen LogP contribution in [0, 0.1) is 0 Å². The van der Waals surface area contributed by atoms with Gasteiger partial charge in [0.15, 0.2) is 0 Å². The molecule has 2 rings (SSSR count). The number of likely N-dealkylation sites (tertiary alicyclic amines) is 1. The maximum Gasteiger partial charge on any atom is 0.248 e. The second kappa shape index (κ2) is 8.64. The molecule has 1 aliphatic heterocycles. The molecule has 0 aromatic heterocycles. The molecule has 1 aliphatic rings. The minimum Gasteiger partial charge on any atom is -0.377 e. The number of nitrogens with one attached hydrogen (secondary N) is 1. The van der Waals surface area contributed by atoms with E-state index in [9.17, 15) is 9.59 Å². The van der Waals surface area contributed by atoms with Crippen molar-refractivity contribution in [3.63, 3.8) is 0 Å². The maximum atomic E-state index is 12.1. The van der Waals surface area contributed by atoms with Crippen LogP contribution in [-0.4, -0.2) is 49.1 Å². The monoisotopic (exact) mass is 319 g/mol. The van der Waals surface area contributed by atoms with Crippen molar-refractivity contribution in [2.75, 3.05) is 31.6 Å². The number of anilines is 1. The quantitative estimate of drug-likeness (QED) is 0.800. The van der Waals surface area contributed by atoms with Crippen molar-refractivity contribution >= 4 is 17.5 Å². The number of piperidine rings is 1. The van der Waals surface area contributed by atoms with E-state index in [1.54, 1.807) is 24.3 Å². The molecule has 1 atom stereocenters. The standard InChI is InChI=1S/C17H25N3O3/c1-2-10-23-15-4-3-9-20(11-15)12-16(21)19-14-7-5-13(6-8-14)17(18)22/h5-8,15H,2-4,9-12H2,1H3,(H2,18,22)(H,19,21)/t15-/m0/s1. The fourth-order valence-electron chi connectivity index (χ4n) is 2.70. The molecule has 1 aromatic rings. The van der Waals surface area contributed by atoms with Crippen LogP contribution >= 0.6 is 0 Å². The van der Waals surface area contributed by atoms with E-state index in [0.29, 0.717) is 17.8 Å². The number of primary amides is 1. The smallest absolute Gasteiger partial charge is 0.248 e. The van der Waals surface area contributed by atoms with Gasteiger partial charge in [-0.2, -0.15) is 0 Å². The van der Waals surface area contributed by atoms with E-state index in [1.807, 2.05) is 0 Å². The van der Waals surface area contributed by atoms with Gasteiger partial charge >= 0.3 is 0 Å². The van der Waals surface area contributed by atoms with Crippen LogP contribution in [0.4, 0.5) is 5.69 Å². The molecule has 0 spiro atoms. The third-order valence-corrected chi connectivity index (χ3v) is 3.84. The normalized spacial score (nSPS) is 18.6. The Bertz CT molecular complexity index is 530. The number of benzene rings is 1. The van der Waals surface area contributed by atoms with Crippen LogP contribution in [-0.2, 0) is 9.53 Å². The molecular weight excluding hydrogens is 294 g/mol. The van der Waals surface area contributed by atoms with E-state index in [0.717, 1.165) is 39.0 Å². The van der Waals surface area contributed by atoms with Crippen LogP contribution in [0.2, 0.25) is 0 Å². The Morgan fingerprint density at radius 3 is 2.74 bits per heavy atom. The summed E-state index contributed by atoms with van der Waals surface area (Å²) in [5.41, 5.74) is 6.28. The molecule has 0 aliphatic carbocycles. The van der Waals surface area contributed by atoms with E-state index in [4.69, 9.17) is 10.5 Å². The number of carbonyl (C=O) groups excluding carboxylic acids is 2. The zero-order valence-electron chi connectivity index (χ0n) is 13.6. The second-order valence-electron chi connectivity index (χ2n) is 5.86. The number of hydrogen-bond donors (Lipinski definition) is 2. The summed E-state index contributed by atoms with van der Waals surface area (Å²) in [6.07, 6.45) is 3.35. The summed E-state index contributed by atoms with van der Waals surface area (Å²) >= 11 is 0. The Morgan fingerprint density at radius 1 is 1.35 bits per heavy atom. The van der Waals surface area contributed by atoms with Crippen molar-refractivity contribution in [3.05, 3.63) is 29.8 Å². The SMILES string of the molecule is CCCO[C@H]1CCCN(CC(=O)Nc2ccc(C(N)=O)cc2)C1. The topological polar surface area (TPSA) is 84.7 Å². The zero-order chi connectivity index (χ0) is 16.7. The minimum absolute atomic E-state index is 0.0621. The highest BCUT2D eigenvalue weighted by Crippen LogP contribution is 2.14. The highest BCUT2D eigenvalue weighted by Gasteiger charge is 2.21. The summed E-state index contributed by atoms with van der Waals surface area (Å²) < 4.78 is 5.78. The Morgan fingerprint density at radius 2 is 2.09 bits per heavy atom. The van der Waals surface area contributed by atoms with Crippen LogP contribution in [0.25, 0.3) is 0 Å². The van der Waals surface area contributed by atoms with Crippen molar-refractivity contribution in [1.82, 2.24) is 4.90 Å². The van der Waals surface area contributed by atoms with Crippen LogP contribution in [0.15, 0.2) is 24.3 Å². The number of nitrogens with zero attached hydrogens (tertiary/aromatic N) is 1. The summed E-state index contributed by atoms with van der Waals surface area (Å²) in [4.78, 5) is 25.3. The van der Waals surface area contributed by atoms with Crippen molar-refractivity contribution in [2.24, 2.45) is 5.73 Å². The molecule has 1 fully saturated rings. The van der Waals surface area contributed by atoms with Crippen LogP contribution in [0.3, 0.4) is 0 Å². The first kappa shape index (κ1) is 17.4. The first-order valence-corrected chi connectivity index (χ1v) is 8.12. The summed E-state index contributed by atoms with van der Waals surface area (Å²) in [6, 6.07) is 6.57. The second-order valence-corrected chi connectivity index (χ2v) is 5.86.